The molecule has 0 bridgehead atoms. The maximum Gasteiger partial charge on any atom is 0.573 e. The highest BCUT2D eigenvalue weighted by Crippen LogP contribution is 2.39. The fourth-order valence-corrected chi connectivity index (χ4v) is 4.47. The molecule has 1 saturated carbocycles. The summed E-state index contributed by atoms with van der Waals surface area (Å²) in [5, 5.41) is 10.9. The molecule has 0 saturated heterocycles. The van der Waals surface area contributed by atoms with Gasteiger partial charge in [-0.2, -0.15) is 0 Å². The molecule has 1 fully saturated rings. The number of rotatable bonds is 8. The van der Waals surface area contributed by atoms with Gasteiger partial charge in [-0.15, -0.1) is 24.9 Å². The lowest BCUT2D eigenvalue weighted by molar-refractivity contribution is -0.274. The number of aromatic nitrogens is 3. The van der Waals surface area contributed by atoms with Crippen LogP contribution >= 0.6 is 23.4 Å². The standard InChI is InChI=1S/C21H22ClF3N4O2S/c1-12(30)10-28(11-13-3-4-13)20-19(32-2)27-18-17(26-7-8-29(18)20)15-6-5-14(9-16(15)22)31-21(23,24)25/h5-9,12-13,30H,3-4,10-11H2,1-2H3. The Morgan fingerprint density at radius 1 is 1.38 bits per heavy atom. The van der Waals surface area contributed by atoms with Crippen molar-refractivity contribution >= 4 is 34.8 Å². The number of thioether (sulfide) groups is 1. The molecule has 1 aliphatic rings. The first kappa shape index (κ1) is 23.0. The molecule has 0 radical (unpaired) electrons. The number of imidazole rings is 1. The zero-order valence-corrected chi connectivity index (χ0v) is 19.0. The number of aliphatic hydroxyl groups is 1. The second-order valence-corrected chi connectivity index (χ2v) is 9.00. The molecule has 1 aliphatic carbocycles. The van der Waals surface area contributed by atoms with Crippen LogP contribution in [-0.4, -0.2) is 51.3 Å². The van der Waals surface area contributed by atoms with Crippen molar-refractivity contribution in [3.63, 3.8) is 0 Å². The topological polar surface area (TPSA) is 62.9 Å². The van der Waals surface area contributed by atoms with Crippen LogP contribution in [0.4, 0.5) is 19.0 Å². The van der Waals surface area contributed by atoms with E-state index in [1.165, 1.54) is 23.9 Å². The summed E-state index contributed by atoms with van der Waals surface area (Å²) in [5.74, 6) is 1.04. The zero-order chi connectivity index (χ0) is 23.0. The molecule has 11 heteroatoms. The summed E-state index contributed by atoms with van der Waals surface area (Å²) in [7, 11) is 0. The first-order valence-electron chi connectivity index (χ1n) is 10.1. The number of ether oxygens (including phenoxy) is 1. The Hall–Kier alpha value is -2.17. The van der Waals surface area contributed by atoms with Gasteiger partial charge in [0.1, 0.15) is 22.3 Å². The molecule has 6 nitrogen and oxygen atoms in total. The van der Waals surface area contributed by atoms with E-state index in [9.17, 15) is 18.3 Å². The molecule has 1 unspecified atom stereocenters. The number of aliphatic hydroxyl groups excluding tert-OH is 1. The zero-order valence-electron chi connectivity index (χ0n) is 17.4. The highest BCUT2D eigenvalue weighted by Gasteiger charge is 2.32. The fraction of sp³-hybridized carbons (Fsp3) is 0.429. The van der Waals surface area contributed by atoms with Gasteiger partial charge in [-0.1, -0.05) is 11.6 Å². The predicted octanol–water partition coefficient (Wildman–Crippen LogP) is 5.27. The van der Waals surface area contributed by atoms with E-state index < -0.39 is 18.2 Å². The van der Waals surface area contributed by atoms with Crippen molar-refractivity contribution in [3.8, 4) is 17.0 Å². The van der Waals surface area contributed by atoms with Crippen LogP contribution in [0.5, 0.6) is 5.75 Å². The van der Waals surface area contributed by atoms with Crippen LogP contribution in [0.3, 0.4) is 0 Å². The molecule has 0 aliphatic heterocycles. The minimum atomic E-state index is -4.80. The van der Waals surface area contributed by atoms with Gasteiger partial charge >= 0.3 is 6.36 Å². The molecular weight excluding hydrogens is 465 g/mol. The minimum absolute atomic E-state index is 0.0708. The summed E-state index contributed by atoms with van der Waals surface area (Å²) in [4.78, 5) is 11.3. The molecule has 2 aromatic heterocycles. The van der Waals surface area contributed by atoms with Crippen LogP contribution in [-0.2, 0) is 0 Å². The average molecular weight is 487 g/mol. The summed E-state index contributed by atoms with van der Waals surface area (Å²) >= 11 is 7.79. The van der Waals surface area contributed by atoms with Gasteiger partial charge in [0.05, 0.1) is 11.1 Å². The van der Waals surface area contributed by atoms with Crippen molar-refractivity contribution in [2.45, 2.75) is 37.3 Å². The first-order valence-corrected chi connectivity index (χ1v) is 11.7. The molecule has 32 heavy (non-hydrogen) atoms. The maximum atomic E-state index is 12.5. The lowest BCUT2D eigenvalue weighted by Gasteiger charge is -2.26. The normalized spacial score (nSPS) is 15.2. The quantitative estimate of drug-likeness (QED) is 0.438. The van der Waals surface area contributed by atoms with Crippen molar-refractivity contribution < 1.29 is 23.0 Å². The molecule has 2 heterocycles. The Morgan fingerprint density at radius 2 is 2.12 bits per heavy atom. The maximum absolute atomic E-state index is 12.5. The molecule has 3 aromatic rings. The van der Waals surface area contributed by atoms with E-state index in [1.54, 1.807) is 19.3 Å². The van der Waals surface area contributed by atoms with Crippen molar-refractivity contribution in [1.29, 1.82) is 0 Å². The van der Waals surface area contributed by atoms with E-state index in [2.05, 4.69) is 14.6 Å². The molecule has 1 N–H and O–H groups in total. The fourth-order valence-electron chi connectivity index (χ4n) is 3.62. The Balaban J connectivity index is 1.79. The number of nitrogens with zero attached hydrogens (tertiary/aromatic N) is 4. The number of alkyl halides is 3. The van der Waals surface area contributed by atoms with Gasteiger partial charge in [-0.3, -0.25) is 9.38 Å². The summed E-state index contributed by atoms with van der Waals surface area (Å²) in [6.45, 7) is 3.02. The molecule has 0 amide bonds. The van der Waals surface area contributed by atoms with Gasteiger partial charge in [-0.05, 0) is 50.1 Å². The van der Waals surface area contributed by atoms with Crippen LogP contribution in [0.2, 0.25) is 5.02 Å². The summed E-state index contributed by atoms with van der Waals surface area (Å²) < 4.78 is 43.5. The Kier molecular flexibility index (Phi) is 6.46. The molecule has 1 aromatic carbocycles. The molecular formula is C21H22ClF3N4O2S. The van der Waals surface area contributed by atoms with Crippen LogP contribution in [0, 0.1) is 5.92 Å². The van der Waals surface area contributed by atoms with E-state index >= 15 is 0 Å². The second kappa shape index (κ2) is 8.99. The van der Waals surface area contributed by atoms with Gasteiger partial charge in [0, 0.05) is 31.0 Å². The predicted molar refractivity (Wildman–Crippen MR) is 119 cm³/mol. The van der Waals surface area contributed by atoms with E-state index in [-0.39, 0.29) is 5.02 Å². The minimum Gasteiger partial charge on any atom is -0.406 e. The SMILES string of the molecule is CSc1nc2c(-c3ccc(OC(F)(F)F)cc3Cl)nccn2c1N(CC(C)O)CC1CC1. The average Bonchev–Trinajstić information content (AvgIpc) is 3.42. The number of hydrogen-bond donors (Lipinski definition) is 1. The summed E-state index contributed by atoms with van der Waals surface area (Å²) in [6, 6.07) is 3.75. The Labute approximate surface area is 192 Å². The van der Waals surface area contributed by atoms with Gasteiger partial charge < -0.3 is 14.7 Å². The van der Waals surface area contributed by atoms with Crippen LogP contribution in [0.15, 0.2) is 35.6 Å². The Morgan fingerprint density at radius 3 is 2.72 bits per heavy atom. The molecule has 0 spiro atoms. The number of fused-ring (bicyclic) bond motifs is 1. The van der Waals surface area contributed by atoms with Gasteiger partial charge in [0.15, 0.2) is 5.65 Å². The van der Waals surface area contributed by atoms with E-state index in [0.29, 0.717) is 29.4 Å². The van der Waals surface area contributed by atoms with Crippen LogP contribution in [0.25, 0.3) is 16.9 Å². The number of halogens is 4. The highest BCUT2D eigenvalue weighted by molar-refractivity contribution is 7.98. The number of anilines is 1. The highest BCUT2D eigenvalue weighted by atomic mass is 35.5. The van der Waals surface area contributed by atoms with Gasteiger partial charge in [-0.25, -0.2) is 4.98 Å². The summed E-state index contributed by atoms with van der Waals surface area (Å²) in [6.07, 6.45) is 2.32. The monoisotopic (exact) mass is 486 g/mol. The van der Waals surface area contributed by atoms with E-state index in [0.717, 1.165) is 36.3 Å². The second-order valence-electron chi connectivity index (χ2n) is 7.80. The van der Waals surface area contributed by atoms with E-state index in [1.807, 2.05) is 10.7 Å². The third kappa shape index (κ3) is 5.07. The lowest BCUT2D eigenvalue weighted by Crippen LogP contribution is -2.34. The van der Waals surface area contributed by atoms with Crippen molar-refractivity contribution in [1.82, 2.24) is 14.4 Å². The number of benzene rings is 1. The molecule has 172 valence electrons. The summed E-state index contributed by atoms with van der Waals surface area (Å²) in [5.41, 5.74) is 1.42. The largest absolute Gasteiger partial charge is 0.573 e. The third-order valence-corrected chi connectivity index (χ3v) is 6.04. The van der Waals surface area contributed by atoms with Crippen molar-refractivity contribution in [3.05, 3.63) is 35.6 Å². The van der Waals surface area contributed by atoms with Crippen LogP contribution in [0.1, 0.15) is 19.8 Å². The van der Waals surface area contributed by atoms with E-state index in [4.69, 9.17) is 16.6 Å². The lowest BCUT2D eigenvalue weighted by atomic mass is 10.1. The van der Waals surface area contributed by atoms with Crippen LogP contribution < -0.4 is 9.64 Å². The number of hydrogen-bond acceptors (Lipinski definition) is 6. The first-order chi connectivity index (χ1) is 15.2. The smallest absolute Gasteiger partial charge is 0.406 e. The third-order valence-electron chi connectivity index (χ3n) is 5.07. The molecule has 1 atom stereocenters. The van der Waals surface area contributed by atoms with Gasteiger partial charge in [0.25, 0.3) is 0 Å². The van der Waals surface area contributed by atoms with Crippen molar-refractivity contribution in [2.24, 2.45) is 5.92 Å². The Bertz CT molecular complexity index is 1110. The van der Waals surface area contributed by atoms with Gasteiger partial charge in [0.2, 0.25) is 0 Å². The molecule has 4 rings (SSSR count). The van der Waals surface area contributed by atoms with Crippen molar-refractivity contribution in [2.75, 3.05) is 24.2 Å².